The van der Waals surface area contributed by atoms with E-state index in [1.165, 1.54) is 0 Å². The van der Waals surface area contributed by atoms with E-state index >= 15 is 0 Å². The number of rotatable bonds is 5. The van der Waals surface area contributed by atoms with Gasteiger partial charge in [-0.25, -0.2) is 8.42 Å². The molecule has 1 heterocycles. The van der Waals surface area contributed by atoms with Gasteiger partial charge in [-0.1, -0.05) is 23.7 Å². The van der Waals surface area contributed by atoms with Gasteiger partial charge in [0.05, 0.1) is 19.0 Å². The molecule has 1 fully saturated rings. The molecule has 1 unspecified atom stereocenters. The molecule has 2 aromatic carbocycles. The van der Waals surface area contributed by atoms with Crippen molar-refractivity contribution < 1.29 is 13.2 Å². The monoisotopic (exact) mass is 380 g/mol. The van der Waals surface area contributed by atoms with Gasteiger partial charge in [-0.2, -0.15) is 0 Å². The Morgan fingerprint density at radius 3 is 2.48 bits per heavy atom. The summed E-state index contributed by atoms with van der Waals surface area (Å²) in [6, 6.07) is 14.5. The maximum Gasteiger partial charge on any atom is 0.236 e. The Balaban J connectivity index is 1.66. The summed E-state index contributed by atoms with van der Waals surface area (Å²) in [6.07, 6.45) is 0. The first-order chi connectivity index (χ1) is 11.9. The molecule has 0 amide bonds. The van der Waals surface area contributed by atoms with E-state index in [0.717, 1.165) is 12.2 Å². The summed E-state index contributed by atoms with van der Waals surface area (Å²) in [6.45, 7) is 4.36. The van der Waals surface area contributed by atoms with Crippen molar-refractivity contribution in [3.8, 4) is 0 Å². The Hall–Kier alpha value is -1.76. The molecule has 0 aliphatic carbocycles. The van der Waals surface area contributed by atoms with Crippen molar-refractivity contribution in [3.63, 3.8) is 0 Å². The lowest BCUT2D eigenvalue weighted by atomic mass is 10.2. The molecule has 0 radical (unpaired) electrons. The largest absolute Gasteiger partial charge is 0.377 e. The minimum atomic E-state index is -3.48. The van der Waals surface area contributed by atoms with Crippen LogP contribution in [-0.4, -0.2) is 34.2 Å². The van der Waals surface area contributed by atoms with E-state index in [4.69, 9.17) is 16.3 Å². The molecule has 1 aliphatic heterocycles. The SMILES string of the molecule is CC1COCCN1c1ccc(NS(=O)(=O)Cc2ccc(Cl)cc2)cc1. The average molecular weight is 381 g/mol. The number of nitrogens with one attached hydrogen (secondary N) is 1. The highest BCUT2D eigenvalue weighted by Crippen LogP contribution is 2.23. The number of hydrogen-bond acceptors (Lipinski definition) is 4. The Kier molecular flexibility index (Phi) is 5.51. The predicted molar refractivity (Wildman–Crippen MR) is 102 cm³/mol. The van der Waals surface area contributed by atoms with Crippen LogP contribution in [0.2, 0.25) is 5.02 Å². The van der Waals surface area contributed by atoms with E-state index < -0.39 is 10.0 Å². The summed E-state index contributed by atoms with van der Waals surface area (Å²) in [5.41, 5.74) is 2.31. The van der Waals surface area contributed by atoms with Crippen LogP contribution >= 0.6 is 11.6 Å². The quantitative estimate of drug-likeness (QED) is 0.862. The van der Waals surface area contributed by atoms with Crippen LogP contribution in [0.3, 0.4) is 0 Å². The summed E-state index contributed by atoms with van der Waals surface area (Å²) >= 11 is 5.82. The van der Waals surface area contributed by atoms with Gasteiger partial charge in [0, 0.05) is 29.0 Å². The zero-order valence-electron chi connectivity index (χ0n) is 14.0. The number of halogens is 1. The van der Waals surface area contributed by atoms with E-state index in [2.05, 4.69) is 16.5 Å². The third-order valence-electron chi connectivity index (χ3n) is 4.11. The number of nitrogens with zero attached hydrogens (tertiary/aromatic N) is 1. The highest BCUT2D eigenvalue weighted by Gasteiger charge is 2.19. The second-order valence-electron chi connectivity index (χ2n) is 6.15. The van der Waals surface area contributed by atoms with E-state index in [1.54, 1.807) is 36.4 Å². The van der Waals surface area contributed by atoms with Gasteiger partial charge in [-0.15, -0.1) is 0 Å². The Bertz CT molecular complexity index is 807. The fourth-order valence-electron chi connectivity index (χ4n) is 2.85. The van der Waals surface area contributed by atoms with Crippen LogP contribution in [0.15, 0.2) is 48.5 Å². The van der Waals surface area contributed by atoms with Crippen LogP contribution in [0.25, 0.3) is 0 Å². The molecule has 0 aromatic heterocycles. The smallest absolute Gasteiger partial charge is 0.236 e. The number of ether oxygens (including phenoxy) is 1. The fourth-order valence-corrected chi connectivity index (χ4v) is 4.17. The van der Waals surface area contributed by atoms with Crippen molar-refractivity contribution >= 4 is 33.0 Å². The van der Waals surface area contributed by atoms with Gasteiger partial charge in [0.15, 0.2) is 0 Å². The van der Waals surface area contributed by atoms with Crippen molar-refractivity contribution in [1.29, 1.82) is 0 Å². The molecular formula is C18H21ClN2O3S. The summed E-state index contributed by atoms with van der Waals surface area (Å²) in [5, 5.41) is 0.585. The zero-order valence-corrected chi connectivity index (χ0v) is 15.6. The summed E-state index contributed by atoms with van der Waals surface area (Å²) in [5.74, 6) is -0.0909. The molecule has 2 aromatic rings. The highest BCUT2D eigenvalue weighted by atomic mass is 35.5. The Morgan fingerprint density at radius 1 is 1.16 bits per heavy atom. The molecule has 134 valence electrons. The van der Waals surface area contributed by atoms with Gasteiger partial charge in [0.2, 0.25) is 10.0 Å². The van der Waals surface area contributed by atoms with Gasteiger partial charge in [0.25, 0.3) is 0 Å². The maximum absolute atomic E-state index is 12.3. The summed E-state index contributed by atoms with van der Waals surface area (Å²) in [4.78, 5) is 2.26. The van der Waals surface area contributed by atoms with Crippen molar-refractivity contribution in [2.75, 3.05) is 29.4 Å². The van der Waals surface area contributed by atoms with Gasteiger partial charge >= 0.3 is 0 Å². The highest BCUT2D eigenvalue weighted by molar-refractivity contribution is 7.91. The van der Waals surface area contributed by atoms with Crippen LogP contribution in [0.5, 0.6) is 0 Å². The van der Waals surface area contributed by atoms with Crippen molar-refractivity contribution in [2.24, 2.45) is 0 Å². The van der Waals surface area contributed by atoms with Gasteiger partial charge in [-0.3, -0.25) is 4.72 Å². The molecule has 1 saturated heterocycles. The van der Waals surface area contributed by atoms with Gasteiger partial charge < -0.3 is 9.64 Å². The third kappa shape index (κ3) is 4.87. The topological polar surface area (TPSA) is 58.6 Å². The molecule has 0 saturated carbocycles. The lowest BCUT2D eigenvalue weighted by molar-refractivity contribution is 0.0989. The van der Waals surface area contributed by atoms with E-state index in [9.17, 15) is 8.42 Å². The average Bonchev–Trinajstić information content (AvgIpc) is 2.58. The molecular weight excluding hydrogens is 360 g/mol. The number of anilines is 2. The van der Waals surface area contributed by atoms with Crippen LogP contribution in [0.1, 0.15) is 12.5 Å². The molecule has 0 spiro atoms. The Morgan fingerprint density at radius 2 is 1.84 bits per heavy atom. The molecule has 7 heteroatoms. The predicted octanol–water partition coefficient (Wildman–Crippen LogP) is 3.51. The van der Waals surface area contributed by atoms with Crippen LogP contribution in [0.4, 0.5) is 11.4 Å². The lowest BCUT2D eigenvalue weighted by Crippen LogP contribution is -2.43. The molecule has 3 rings (SSSR count). The zero-order chi connectivity index (χ0) is 17.9. The van der Waals surface area contributed by atoms with E-state index in [0.29, 0.717) is 35.5 Å². The maximum atomic E-state index is 12.3. The molecule has 1 N–H and O–H groups in total. The van der Waals surface area contributed by atoms with E-state index in [1.807, 2.05) is 12.1 Å². The first-order valence-electron chi connectivity index (χ1n) is 8.12. The van der Waals surface area contributed by atoms with Crippen molar-refractivity contribution in [2.45, 2.75) is 18.7 Å². The van der Waals surface area contributed by atoms with Crippen molar-refractivity contribution in [1.82, 2.24) is 0 Å². The van der Waals surface area contributed by atoms with Crippen LogP contribution in [-0.2, 0) is 20.5 Å². The second-order valence-corrected chi connectivity index (χ2v) is 8.31. The minimum absolute atomic E-state index is 0.0909. The third-order valence-corrected chi connectivity index (χ3v) is 5.62. The molecule has 1 aliphatic rings. The fraction of sp³-hybridized carbons (Fsp3) is 0.333. The first kappa shape index (κ1) is 18.0. The number of morpholine rings is 1. The molecule has 0 bridgehead atoms. The number of sulfonamides is 1. The normalized spacial score (nSPS) is 18.2. The summed E-state index contributed by atoms with van der Waals surface area (Å²) in [7, 11) is -3.48. The second kappa shape index (κ2) is 7.64. The van der Waals surface area contributed by atoms with Crippen molar-refractivity contribution in [3.05, 3.63) is 59.1 Å². The van der Waals surface area contributed by atoms with Gasteiger partial charge in [-0.05, 0) is 48.9 Å². The summed E-state index contributed by atoms with van der Waals surface area (Å²) < 4.78 is 32.7. The van der Waals surface area contributed by atoms with Gasteiger partial charge in [0.1, 0.15) is 0 Å². The standard InChI is InChI=1S/C18H21ClN2O3S/c1-14-12-24-11-10-21(14)18-8-6-17(7-9-18)20-25(22,23)13-15-2-4-16(19)5-3-15/h2-9,14,20H,10-13H2,1H3. The molecule has 25 heavy (non-hydrogen) atoms. The molecule has 1 atom stereocenters. The molecule has 5 nitrogen and oxygen atoms in total. The first-order valence-corrected chi connectivity index (χ1v) is 10.2. The Labute approximate surface area is 153 Å². The number of hydrogen-bond donors (Lipinski definition) is 1. The van der Waals surface area contributed by atoms with E-state index in [-0.39, 0.29) is 5.75 Å². The van der Waals surface area contributed by atoms with Crippen LogP contribution in [0, 0.1) is 0 Å². The number of benzene rings is 2. The lowest BCUT2D eigenvalue weighted by Gasteiger charge is -2.35. The van der Waals surface area contributed by atoms with Crippen LogP contribution < -0.4 is 9.62 Å². The minimum Gasteiger partial charge on any atom is -0.377 e.